The predicted molar refractivity (Wildman–Crippen MR) is 178 cm³/mol. The third kappa shape index (κ3) is 9.13. The first kappa shape index (κ1) is 35.5. The molecule has 5 rings (SSSR count). The number of hydrogen-bond acceptors (Lipinski definition) is 0. The van der Waals surface area contributed by atoms with Gasteiger partial charge in [0.2, 0.25) is 0 Å². The van der Waals surface area contributed by atoms with Gasteiger partial charge in [-0.3, -0.25) is 5.92 Å². The molecule has 217 valence electrons. The van der Waals surface area contributed by atoms with Gasteiger partial charge in [-0.25, -0.2) is 0 Å². The number of hydrogen-bond donors (Lipinski definition) is 0. The van der Waals surface area contributed by atoms with Crippen LogP contribution in [-0.4, -0.2) is 0 Å². The van der Waals surface area contributed by atoms with Crippen molar-refractivity contribution >= 4 is 0 Å². The normalized spacial score (nSPS) is 20.5. The standard InChI is InChI=1S/C30H31.2C5H11.Zr/c1-29(2,28(23-13-3-4-14-23)24-15-5-6-16-24)30(25-17-7-8-18-25,26-19-9-10-20-26)27-21-11-12-22-27;2*1-5(2,3)4;/h3-27H,1-2H3;2*1H2,2-4H3;/q3*-1;+3. The van der Waals surface area contributed by atoms with Gasteiger partial charge < -0.3 is 13.8 Å². The second-order valence-corrected chi connectivity index (χ2v) is 14.6. The van der Waals surface area contributed by atoms with Crippen LogP contribution in [0.2, 0.25) is 0 Å². The second-order valence-electron chi connectivity index (χ2n) is 14.6. The summed E-state index contributed by atoms with van der Waals surface area (Å²) in [6, 6.07) is 0. The van der Waals surface area contributed by atoms with Crippen molar-refractivity contribution in [3.8, 4) is 0 Å². The van der Waals surface area contributed by atoms with Crippen LogP contribution in [0.4, 0.5) is 0 Å². The molecule has 5 aliphatic carbocycles. The van der Waals surface area contributed by atoms with E-state index in [1.54, 1.807) is 5.92 Å². The first-order valence-corrected chi connectivity index (χ1v) is 15.0. The van der Waals surface area contributed by atoms with E-state index in [1.807, 2.05) is 0 Å². The number of allylic oxidation sites excluding steroid dienone is 20. The Kier molecular flexibility index (Phi) is 12.7. The minimum atomic E-state index is -0.0442. The zero-order valence-electron chi connectivity index (χ0n) is 26.8. The van der Waals surface area contributed by atoms with E-state index in [9.17, 15) is 0 Å². The Hall–Kier alpha value is -1.72. The minimum absolute atomic E-state index is 0. The zero-order chi connectivity index (χ0) is 29.6. The summed E-state index contributed by atoms with van der Waals surface area (Å²) in [5, 5.41) is 0. The average Bonchev–Trinajstić information content (AvgIpc) is 3.67. The first-order valence-electron chi connectivity index (χ1n) is 15.0. The van der Waals surface area contributed by atoms with Gasteiger partial charge in [-0.2, -0.15) is 10.8 Å². The monoisotopic (exact) mass is 623 g/mol. The van der Waals surface area contributed by atoms with E-state index < -0.39 is 0 Å². The van der Waals surface area contributed by atoms with Crippen molar-refractivity contribution in [3.05, 3.63) is 141 Å². The maximum atomic E-state index is 3.77. The van der Waals surface area contributed by atoms with E-state index in [-0.39, 0.29) is 47.9 Å². The Morgan fingerprint density at radius 2 is 0.610 bits per heavy atom. The maximum Gasteiger partial charge on any atom is 3.00 e. The first-order chi connectivity index (χ1) is 18.7. The van der Waals surface area contributed by atoms with Crippen LogP contribution >= 0.6 is 0 Å². The Morgan fingerprint density at radius 3 is 0.829 bits per heavy atom. The van der Waals surface area contributed by atoms with E-state index >= 15 is 0 Å². The largest absolute Gasteiger partial charge is 3.00 e. The molecule has 0 bridgehead atoms. The smallest absolute Gasteiger partial charge is 0.338 e. The van der Waals surface area contributed by atoms with Crippen LogP contribution in [0.5, 0.6) is 0 Å². The minimum Gasteiger partial charge on any atom is -0.338 e. The summed E-state index contributed by atoms with van der Waals surface area (Å²) >= 11 is 0. The Labute approximate surface area is 272 Å². The summed E-state index contributed by atoms with van der Waals surface area (Å²) < 4.78 is 0. The van der Waals surface area contributed by atoms with Crippen LogP contribution in [0.25, 0.3) is 0 Å². The van der Waals surface area contributed by atoms with Gasteiger partial charge in [0, 0.05) is 17.8 Å². The van der Waals surface area contributed by atoms with E-state index in [4.69, 9.17) is 0 Å². The summed E-state index contributed by atoms with van der Waals surface area (Å²) in [5.74, 6) is 3.47. The van der Waals surface area contributed by atoms with Crippen LogP contribution < -0.4 is 0 Å². The van der Waals surface area contributed by atoms with Crippen LogP contribution in [0.1, 0.15) is 55.4 Å². The maximum absolute atomic E-state index is 3.77. The third-order valence-electron chi connectivity index (χ3n) is 7.92. The summed E-state index contributed by atoms with van der Waals surface area (Å²) in [6.45, 7) is 25.0. The number of rotatable bonds is 7. The molecule has 0 aliphatic heterocycles. The van der Waals surface area contributed by atoms with Gasteiger partial charge in [0.05, 0.1) is 0 Å². The molecule has 0 N–H and O–H groups in total. The summed E-state index contributed by atoms with van der Waals surface area (Å²) in [7, 11) is 0. The van der Waals surface area contributed by atoms with Crippen molar-refractivity contribution in [2.24, 2.45) is 51.2 Å². The Balaban J connectivity index is 0.000000464. The van der Waals surface area contributed by atoms with E-state index in [0.717, 1.165) is 0 Å². The molecular weight excluding hydrogens is 572 g/mol. The molecule has 0 aromatic heterocycles. The van der Waals surface area contributed by atoms with Crippen molar-refractivity contribution < 1.29 is 26.2 Å². The zero-order valence-corrected chi connectivity index (χ0v) is 29.3. The molecule has 0 unspecified atom stereocenters. The fourth-order valence-corrected chi connectivity index (χ4v) is 6.75. The second kappa shape index (κ2) is 14.6. The molecule has 0 aromatic rings. The molecule has 41 heavy (non-hydrogen) atoms. The summed E-state index contributed by atoms with van der Waals surface area (Å²) in [6.07, 6.45) is 46.4. The van der Waals surface area contributed by atoms with Crippen LogP contribution in [0.3, 0.4) is 0 Å². The van der Waals surface area contributed by atoms with Gasteiger partial charge in [-0.05, 0) is 5.41 Å². The van der Waals surface area contributed by atoms with E-state index in [2.05, 4.69) is 191 Å². The summed E-state index contributed by atoms with van der Waals surface area (Å²) in [4.78, 5) is 0. The van der Waals surface area contributed by atoms with E-state index in [0.29, 0.717) is 29.6 Å². The molecule has 5 aliphatic rings. The van der Waals surface area contributed by atoms with Gasteiger partial charge >= 0.3 is 26.2 Å². The Morgan fingerprint density at radius 1 is 0.415 bits per heavy atom. The molecule has 0 spiro atoms. The van der Waals surface area contributed by atoms with Gasteiger partial charge in [-0.15, -0.1) is 41.6 Å². The molecule has 0 fully saturated rings. The third-order valence-corrected chi connectivity index (χ3v) is 7.92. The molecule has 0 saturated heterocycles. The van der Waals surface area contributed by atoms with Gasteiger partial charge in [0.25, 0.3) is 0 Å². The Bertz CT molecular complexity index is 961. The molecule has 1 radical (unpaired) electrons. The predicted octanol–water partition coefficient (Wildman–Crippen LogP) is 11.0. The molecule has 0 heterocycles. The van der Waals surface area contributed by atoms with Crippen LogP contribution in [0.15, 0.2) is 122 Å². The van der Waals surface area contributed by atoms with Crippen molar-refractivity contribution in [1.29, 1.82) is 0 Å². The van der Waals surface area contributed by atoms with Crippen molar-refractivity contribution in [2.45, 2.75) is 55.4 Å². The van der Waals surface area contributed by atoms with Crippen molar-refractivity contribution in [2.75, 3.05) is 0 Å². The van der Waals surface area contributed by atoms with Crippen LogP contribution in [0, 0.1) is 71.0 Å². The molecular formula is C40H53Zr. The molecule has 0 atom stereocenters. The van der Waals surface area contributed by atoms with Crippen LogP contribution in [-0.2, 0) is 26.2 Å². The van der Waals surface area contributed by atoms with E-state index in [1.165, 1.54) is 0 Å². The summed E-state index contributed by atoms with van der Waals surface area (Å²) in [5.41, 5.74) is 0.435. The molecule has 0 nitrogen and oxygen atoms in total. The van der Waals surface area contributed by atoms with Crippen molar-refractivity contribution in [3.63, 3.8) is 0 Å². The van der Waals surface area contributed by atoms with Crippen molar-refractivity contribution in [1.82, 2.24) is 0 Å². The SMILES string of the molecule is CC(C)([C-](C1C=CC=C1)C1C=CC=C1)C(C1C=CC=C1)(C1C=CC=C1)C1C=CC=C1.[CH2-]C(C)(C)C.[CH2-]C(C)(C)C.[Zr+3]. The average molecular weight is 625 g/mol. The fourth-order valence-electron chi connectivity index (χ4n) is 6.75. The molecule has 1 heteroatoms. The molecule has 0 saturated carbocycles. The topological polar surface area (TPSA) is 0 Å². The molecule has 0 amide bonds. The fraction of sp³-hybridized carbons (Fsp3) is 0.425. The van der Waals surface area contributed by atoms with Gasteiger partial charge in [-0.1, -0.05) is 153 Å². The van der Waals surface area contributed by atoms with Gasteiger partial charge in [0.1, 0.15) is 0 Å². The van der Waals surface area contributed by atoms with Gasteiger partial charge in [0.15, 0.2) is 0 Å². The molecule has 0 aromatic carbocycles. The quantitative estimate of drug-likeness (QED) is 0.247.